The maximum absolute atomic E-state index is 11.1. The minimum absolute atomic E-state index is 0.122. The van der Waals surface area contributed by atoms with Gasteiger partial charge in [0, 0.05) is 6.54 Å². The van der Waals surface area contributed by atoms with Crippen LogP contribution in [-0.2, 0) is 6.54 Å². The van der Waals surface area contributed by atoms with Crippen LogP contribution in [0.15, 0.2) is 16.9 Å². The Morgan fingerprint density at radius 2 is 2.00 bits per heavy atom. The van der Waals surface area contributed by atoms with Crippen LogP contribution in [-0.4, -0.2) is 26.4 Å². The first-order valence-corrected chi connectivity index (χ1v) is 6.00. The van der Waals surface area contributed by atoms with Crippen molar-refractivity contribution in [2.45, 2.75) is 20.4 Å². The second kappa shape index (κ2) is 5.95. The topological polar surface area (TPSA) is 119 Å². The van der Waals surface area contributed by atoms with E-state index < -0.39 is 4.92 Å². The zero-order valence-electron chi connectivity index (χ0n) is 11.1. The molecule has 0 saturated carbocycles. The lowest BCUT2D eigenvalue weighted by Crippen LogP contribution is -2.09. The summed E-state index contributed by atoms with van der Waals surface area (Å²) in [6.45, 7) is 4.33. The predicted octanol–water partition coefficient (Wildman–Crippen LogP) is 1.73. The standard InChI is InChI=1S/C11H14N6O3/c1-3-12-10-9(17(18)19)11(16-6-15-10)14-5-8-13-4-7(2)20-8/h4,6H,3,5H2,1-2H3,(H2,12,14,15,16). The summed E-state index contributed by atoms with van der Waals surface area (Å²) in [6, 6.07) is 0. The summed E-state index contributed by atoms with van der Waals surface area (Å²) in [7, 11) is 0. The van der Waals surface area contributed by atoms with Crippen molar-refractivity contribution in [2.24, 2.45) is 0 Å². The molecule has 9 nitrogen and oxygen atoms in total. The molecule has 2 N–H and O–H groups in total. The zero-order chi connectivity index (χ0) is 14.5. The van der Waals surface area contributed by atoms with Crippen LogP contribution < -0.4 is 10.6 Å². The first-order valence-electron chi connectivity index (χ1n) is 6.00. The van der Waals surface area contributed by atoms with Crippen LogP contribution in [0.5, 0.6) is 0 Å². The van der Waals surface area contributed by atoms with Crippen molar-refractivity contribution in [3.05, 3.63) is 34.3 Å². The number of nitrogens with zero attached hydrogens (tertiary/aromatic N) is 4. The fourth-order valence-corrected chi connectivity index (χ4v) is 1.62. The van der Waals surface area contributed by atoms with E-state index in [0.717, 1.165) is 0 Å². The van der Waals surface area contributed by atoms with E-state index in [4.69, 9.17) is 4.42 Å². The molecule has 0 atom stereocenters. The number of aryl methyl sites for hydroxylation is 1. The molecule has 0 fully saturated rings. The van der Waals surface area contributed by atoms with Crippen LogP contribution in [0.3, 0.4) is 0 Å². The van der Waals surface area contributed by atoms with Crippen molar-refractivity contribution in [1.82, 2.24) is 15.0 Å². The largest absolute Gasteiger partial charge is 0.444 e. The Morgan fingerprint density at radius 3 is 2.55 bits per heavy atom. The van der Waals surface area contributed by atoms with Gasteiger partial charge < -0.3 is 15.1 Å². The molecule has 0 aromatic carbocycles. The average molecular weight is 278 g/mol. The molecule has 106 valence electrons. The van der Waals surface area contributed by atoms with Crippen molar-refractivity contribution < 1.29 is 9.34 Å². The van der Waals surface area contributed by atoms with E-state index in [1.165, 1.54) is 6.33 Å². The normalized spacial score (nSPS) is 10.3. The summed E-state index contributed by atoms with van der Waals surface area (Å²) < 4.78 is 5.28. The van der Waals surface area contributed by atoms with Gasteiger partial charge in [0.05, 0.1) is 17.7 Å². The molecule has 0 amide bonds. The number of nitro groups is 1. The summed E-state index contributed by atoms with van der Waals surface area (Å²) in [4.78, 5) is 22.4. The maximum Gasteiger partial charge on any atom is 0.353 e. The summed E-state index contributed by atoms with van der Waals surface area (Å²) >= 11 is 0. The van der Waals surface area contributed by atoms with Gasteiger partial charge in [-0.15, -0.1) is 0 Å². The first kappa shape index (κ1) is 13.7. The molecule has 2 aromatic rings. The highest BCUT2D eigenvalue weighted by atomic mass is 16.6. The third kappa shape index (κ3) is 2.99. The lowest BCUT2D eigenvalue weighted by atomic mass is 10.4. The molecule has 0 aliphatic carbocycles. The van der Waals surface area contributed by atoms with Crippen molar-refractivity contribution in [2.75, 3.05) is 17.2 Å². The van der Waals surface area contributed by atoms with Gasteiger partial charge in [0.1, 0.15) is 12.1 Å². The molecule has 0 bridgehead atoms. The van der Waals surface area contributed by atoms with Gasteiger partial charge in [-0.2, -0.15) is 0 Å². The van der Waals surface area contributed by atoms with Gasteiger partial charge in [0.15, 0.2) is 0 Å². The van der Waals surface area contributed by atoms with Gasteiger partial charge in [-0.1, -0.05) is 0 Å². The lowest BCUT2D eigenvalue weighted by molar-refractivity contribution is -0.383. The number of rotatable bonds is 6. The van der Waals surface area contributed by atoms with Gasteiger partial charge >= 0.3 is 5.69 Å². The molecule has 2 heterocycles. The van der Waals surface area contributed by atoms with Crippen LogP contribution >= 0.6 is 0 Å². The summed E-state index contributed by atoms with van der Waals surface area (Å²) in [5, 5.41) is 16.8. The molecule has 9 heteroatoms. The van der Waals surface area contributed by atoms with E-state index in [0.29, 0.717) is 18.2 Å². The molecule has 0 unspecified atom stereocenters. The van der Waals surface area contributed by atoms with E-state index in [2.05, 4.69) is 25.6 Å². The highest BCUT2D eigenvalue weighted by molar-refractivity contribution is 5.69. The summed E-state index contributed by atoms with van der Waals surface area (Å²) in [5.74, 6) is 1.41. The molecule has 0 aliphatic heterocycles. The van der Waals surface area contributed by atoms with Crippen LogP contribution in [0.4, 0.5) is 17.3 Å². The van der Waals surface area contributed by atoms with Gasteiger partial charge in [-0.3, -0.25) is 10.1 Å². The highest BCUT2D eigenvalue weighted by Gasteiger charge is 2.22. The van der Waals surface area contributed by atoms with Crippen molar-refractivity contribution in [3.63, 3.8) is 0 Å². The van der Waals surface area contributed by atoms with E-state index in [1.807, 2.05) is 6.92 Å². The predicted molar refractivity (Wildman–Crippen MR) is 71.4 cm³/mol. The van der Waals surface area contributed by atoms with E-state index >= 15 is 0 Å². The van der Waals surface area contributed by atoms with Crippen LogP contribution in [0.1, 0.15) is 18.6 Å². The van der Waals surface area contributed by atoms with E-state index in [1.54, 1.807) is 13.1 Å². The Hall–Kier alpha value is -2.71. The van der Waals surface area contributed by atoms with Gasteiger partial charge in [-0.05, 0) is 13.8 Å². The fourth-order valence-electron chi connectivity index (χ4n) is 1.62. The van der Waals surface area contributed by atoms with E-state index in [9.17, 15) is 10.1 Å². The Kier molecular flexibility index (Phi) is 4.08. The molecule has 2 aromatic heterocycles. The molecular formula is C11H14N6O3. The monoisotopic (exact) mass is 278 g/mol. The molecule has 0 spiro atoms. The molecule has 0 saturated heterocycles. The van der Waals surface area contributed by atoms with Gasteiger partial charge in [-0.25, -0.2) is 15.0 Å². The van der Waals surface area contributed by atoms with Crippen LogP contribution in [0.25, 0.3) is 0 Å². The number of nitrogens with one attached hydrogen (secondary N) is 2. The second-order valence-electron chi connectivity index (χ2n) is 3.93. The highest BCUT2D eigenvalue weighted by Crippen LogP contribution is 2.28. The number of hydrogen-bond acceptors (Lipinski definition) is 8. The number of oxazole rings is 1. The molecule has 20 heavy (non-hydrogen) atoms. The van der Waals surface area contributed by atoms with Crippen molar-refractivity contribution >= 4 is 17.3 Å². The molecule has 0 radical (unpaired) electrons. The number of hydrogen-bond donors (Lipinski definition) is 2. The van der Waals surface area contributed by atoms with Crippen LogP contribution in [0.2, 0.25) is 0 Å². The Morgan fingerprint density at radius 1 is 1.30 bits per heavy atom. The second-order valence-corrected chi connectivity index (χ2v) is 3.93. The average Bonchev–Trinajstić information content (AvgIpc) is 2.82. The third-order valence-electron chi connectivity index (χ3n) is 2.43. The van der Waals surface area contributed by atoms with Gasteiger partial charge in [0.2, 0.25) is 17.5 Å². The fraction of sp³-hybridized carbons (Fsp3) is 0.364. The van der Waals surface area contributed by atoms with Crippen LogP contribution in [0, 0.1) is 17.0 Å². The first-order chi connectivity index (χ1) is 9.61. The maximum atomic E-state index is 11.1. The summed E-state index contributed by atoms with van der Waals surface area (Å²) in [5.41, 5.74) is -0.197. The Balaban J connectivity index is 2.22. The zero-order valence-corrected chi connectivity index (χ0v) is 11.1. The summed E-state index contributed by atoms with van der Waals surface area (Å²) in [6.07, 6.45) is 2.84. The molecular weight excluding hydrogens is 264 g/mol. The minimum atomic E-state index is -0.527. The van der Waals surface area contributed by atoms with Gasteiger partial charge in [0.25, 0.3) is 0 Å². The SMILES string of the molecule is CCNc1ncnc(NCc2ncc(C)o2)c1[N+](=O)[O-]. The smallest absolute Gasteiger partial charge is 0.353 e. The Bertz CT molecular complexity index is 612. The quantitative estimate of drug-likeness (QED) is 0.605. The molecule has 0 aliphatic rings. The molecule has 2 rings (SSSR count). The van der Waals surface area contributed by atoms with E-state index in [-0.39, 0.29) is 23.9 Å². The van der Waals surface area contributed by atoms with Crippen molar-refractivity contribution in [3.8, 4) is 0 Å². The third-order valence-corrected chi connectivity index (χ3v) is 2.43. The number of anilines is 2. The Labute approximate surface area is 114 Å². The number of aromatic nitrogens is 3. The van der Waals surface area contributed by atoms with Crippen molar-refractivity contribution in [1.29, 1.82) is 0 Å². The minimum Gasteiger partial charge on any atom is -0.444 e. The lowest BCUT2D eigenvalue weighted by Gasteiger charge is -2.07.